The normalized spacial score (nSPS) is 15.5. The van der Waals surface area contributed by atoms with E-state index in [0.29, 0.717) is 39.5 Å². The fraction of sp³-hybridized carbons (Fsp3) is 0.185. The average Bonchev–Trinajstić information content (AvgIpc) is 3.29. The Morgan fingerprint density at radius 1 is 1.16 bits per heavy atom. The highest BCUT2D eigenvalue weighted by atomic mass is 19.1. The number of ether oxygens (including phenoxy) is 1. The number of hydrogen-bond acceptors (Lipinski definition) is 7. The maximum absolute atomic E-state index is 14.3. The zero-order valence-electron chi connectivity index (χ0n) is 20.0. The summed E-state index contributed by atoms with van der Waals surface area (Å²) in [5.74, 6) is -0.779. The third kappa shape index (κ3) is 5.39. The molecular formula is C27H24F2N6O2. The Morgan fingerprint density at radius 3 is 2.78 bits per heavy atom. The number of fused-ring (bicyclic) bond motifs is 1. The van der Waals surface area contributed by atoms with Gasteiger partial charge in [-0.1, -0.05) is 6.58 Å². The van der Waals surface area contributed by atoms with Gasteiger partial charge in [0.05, 0.1) is 16.9 Å². The molecule has 0 radical (unpaired) electrons. The summed E-state index contributed by atoms with van der Waals surface area (Å²) in [5, 5.41) is 6.65. The number of likely N-dealkylation sites (N-methyl/N-ethyl adjacent to an activating group) is 1. The van der Waals surface area contributed by atoms with Crippen molar-refractivity contribution in [2.24, 2.45) is 0 Å². The number of halogens is 2. The zero-order valence-corrected chi connectivity index (χ0v) is 20.0. The van der Waals surface area contributed by atoms with Crippen molar-refractivity contribution in [3.05, 3.63) is 79.3 Å². The van der Waals surface area contributed by atoms with Crippen LogP contribution in [0.15, 0.2) is 67.6 Å². The Hall–Kier alpha value is -4.44. The molecule has 1 saturated heterocycles. The Labute approximate surface area is 212 Å². The number of aromatic nitrogens is 3. The van der Waals surface area contributed by atoms with Crippen LogP contribution in [0.1, 0.15) is 6.42 Å². The minimum Gasteiger partial charge on any atom is -0.487 e. The van der Waals surface area contributed by atoms with Crippen molar-refractivity contribution in [1.29, 1.82) is 0 Å². The highest BCUT2D eigenvalue weighted by Crippen LogP contribution is 2.35. The van der Waals surface area contributed by atoms with Crippen molar-refractivity contribution in [2.45, 2.75) is 12.5 Å². The summed E-state index contributed by atoms with van der Waals surface area (Å²) in [5.41, 5.74) is 2.16. The van der Waals surface area contributed by atoms with Gasteiger partial charge in [-0.3, -0.25) is 9.78 Å². The van der Waals surface area contributed by atoms with Crippen molar-refractivity contribution < 1.29 is 18.3 Å². The SMILES string of the molecule is C=CC(=O)Nc1cc2c(Nc3ccnc(-c4ccc(F)cc4F)c3)ncnc2cc1OC1CCN(C)C1. The first-order valence-electron chi connectivity index (χ1n) is 11.7. The molecule has 0 bridgehead atoms. The zero-order chi connectivity index (χ0) is 25.9. The first kappa shape index (κ1) is 24.3. The van der Waals surface area contributed by atoms with E-state index in [0.717, 1.165) is 25.6 Å². The summed E-state index contributed by atoms with van der Waals surface area (Å²) >= 11 is 0. The lowest BCUT2D eigenvalue weighted by Crippen LogP contribution is -2.22. The standard InChI is InChI=1S/C27H24F2N6O2/c1-3-26(36)34-24-12-20-23(13-25(24)37-18-7-9-35(2)14-18)31-15-32-27(20)33-17-6-8-30-22(11-17)19-5-4-16(28)10-21(19)29/h3-6,8,10-13,15,18H,1,7,9,14H2,2H3,(H,34,36)(H,30,31,32,33). The molecule has 2 aromatic carbocycles. The van der Waals surface area contributed by atoms with Crippen LogP contribution in [0.2, 0.25) is 0 Å². The first-order chi connectivity index (χ1) is 17.9. The smallest absolute Gasteiger partial charge is 0.247 e. The van der Waals surface area contributed by atoms with Crippen LogP contribution in [-0.4, -0.2) is 52.0 Å². The van der Waals surface area contributed by atoms with Crippen LogP contribution in [-0.2, 0) is 4.79 Å². The minimum atomic E-state index is -0.708. The predicted octanol–water partition coefficient (Wildman–Crippen LogP) is 4.92. The molecule has 10 heteroatoms. The number of carbonyl (C=O) groups is 1. The van der Waals surface area contributed by atoms with Crippen molar-refractivity contribution in [2.75, 3.05) is 30.8 Å². The second-order valence-corrected chi connectivity index (χ2v) is 8.75. The lowest BCUT2D eigenvalue weighted by atomic mass is 10.1. The Morgan fingerprint density at radius 2 is 2.03 bits per heavy atom. The summed E-state index contributed by atoms with van der Waals surface area (Å²) < 4.78 is 33.9. The van der Waals surface area contributed by atoms with E-state index in [9.17, 15) is 13.6 Å². The molecule has 37 heavy (non-hydrogen) atoms. The van der Waals surface area contributed by atoms with E-state index in [1.165, 1.54) is 30.7 Å². The summed E-state index contributed by atoms with van der Waals surface area (Å²) in [6.07, 6.45) is 4.98. The fourth-order valence-electron chi connectivity index (χ4n) is 4.22. The van der Waals surface area contributed by atoms with E-state index in [2.05, 4.69) is 37.1 Å². The van der Waals surface area contributed by atoms with Crippen LogP contribution >= 0.6 is 0 Å². The van der Waals surface area contributed by atoms with E-state index in [1.54, 1.807) is 24.3 Å². The summed E-state index contributed by atoms with van der Waals surface area (Å²) in [6.45, 7) is 5.24. The number of pyridine rings is 1. The van der Waals surface area contributed by atoms with Gasteiger partial charge in [0.2, 0.25) is 5.91 Å². The average molecular weight is 503 g/mol. The van der Waals surface area contributed by atoms with Crippen LogP contribution in [0.4, 0.5) is 26.0 Å². The Bertz CT molecular complexity index is 1500. The topological polar surface area (TPSA) is 92.3 Å². The molecule has 5 rings (SSSR count). The third-order valence-corrected chi connectivity index (χ3v) is 6.05. The van der Waals surface area contributed by atoms with Gasteiger partial charge in [0, 0.05) is 48.1 Å². The number of carbonyl (C=O) groups excluding carboxylic acids is 1. The quantitative estimate of drug-likeness (QED) is 0.347. The molecule has 2 N–H and O–H groups in total. The number of amides is 1. The summed E-state index contributed by atoms with van der Waals surface area (Å²) in [6, 6.07) is 10.2. The van der Waals surface area contributed by atoms with Gasteiger partial charge < -0.3 is 20.3 Å². The van der Waals surface area contributed by atoms with Gasteiger partial charge in [0.15, 0.2) is 0 Å². The second-order valence-electron chi connectivity index (χ2n) is 8.75. The van der Waals surface area contributed by atoms with E-state index in [-0.39, 0.29) is 17.6 Å². The molecule has 0 saturated carbocycles. The number of nitrogens with one attached hydrogen (secondary N) is 2. The molecular weight excluding hydrogens is 478 g/mol. The van der Waals surface area contributed by atoms with E-state index < -0.39 is 11.6 Å². The number of likely N-dealkylation sites (tertiary alicyclic amines) is 1. The fourth-order valence-corrected chi connectivity index (χ4v) is 4.22. The molecule has 1 amide bonds. The maximum Gasteiger partial charge on any atom is 0.247 e. The lowest BCUT2D eigenvalue weighted by Gasteiger charge is -2.18. The van der Waals surface area contributed by atoms with Gasteiger partial charge >= 0.3 is 0 Å². The molecule has 1 atom stereocenters. The molecule has 1 unspecified atom stereocenters. The third-order valence-electron chi connectivity index (χ3n) is 6.05. The molecule has 1 aliphatic heterocycles. The van der Waals surface area contributed by atoms with Gasteiger partial charge in [-0.25, -0.2) is 18.7 Å². The number of hydrogen-bond donors (Lipinski definition) is 2. The molecule has 8 nitrogen and oxygen atoms in total. The van der Waals surface area contributed by atoms with Crippen molar-refractivity contribution in [3.63, 3.8) is 0 Å². The van der Waals surface area contributed by atoms with Crippen LogP contribution in [0.5, 0.6) is 5.75 Å². The lowest BCUT2D eigenvalue weighted by molar-refractivity contribution is -0.111. The van der Waals surface area contributed by atoms with Crippen LogP contribution in [0.25, 0.3) is 22.2 Å². The van der Waals surface area contributed by atoms with Crippen LogP contribution in [0, 0.1) is 11.6 Å². The Balaban J connectivity index is 1.50. The van der Waals surface area contributed by atoms with Crippen molar-refractivity contribution >= 4 is 34.0 Å². The summed E-state index contributed by atoms with van der Waals surface area (Å²) in [7, 11) is 2.03. The predicted molar refractivity (Wildman–Crippen MR) is 138 cm³/mol. The van der Waals surface area contributed by atoms with Crippen LogP contribution in [0.3, 0.4) is 0 Å². The van der Waals surface area contributed by atoms with E-state index in [1.807, 2.05) is 7.05 Å². The molecule has 2 aromatic heterocycles. The molecule has 4 aromatic rings. The number of anilines is 3. The molecule has 1 aliphatic rings. The molecule has 0 aliphatic carbocycles. The van der Waals surface area contributed by atoms with Gasteiger partial charge in [-0.15, -0.1) is 0 Å². The summed E-state index contributed by atoms with van der Waals surface area (Å²) in [4.78, 5) is 27.3. The molecule has 1 fully saturated rings. The maximum atomic E-state index is 14.3. The van der Waals surface area contributed by atoms with Crippen molar-refractivity contribution in [1.82, 2.24) is 19.9 Å². The van der Waals surface area contributed by atoms with Gasteiger partial charge in [0.25, 0.3) is 0 Å². The van der Waals surface area contributed by atoms with Gasteiger partial charge in [-0.05, 0) is 49.9 Å². The van der Waals surface area contributed by atoms with Crippen molar-refractivity contribution in [3.8, 4) is 17.0 Å². The number of rotatable bonds is 7. The minimum absolute atomic E-state index is 0.0108. The molecule has 188 valence electrons. The largest absolute Gasteiger partial charge is 0.487 e. The Kier molecular flexibility index (Phi) is 6.74. The van der Waals surface area contributed by atoms with E-state index in [4.69, 9.17) is 4.74 Å². The first-order valence-corrected chi connectivity index (χ1v) is 11.7. The van der Waals surface area contributed by atoms with Crippen LogP contribution < -0.4 is 15.4 Å². The highest BCUT2D eigenvalue weighted by Gasteiger charge is 2.23. The number of benzene rings is 2. The van der Waals surface area contributed by atoms with Gasteiger partial charge in [0.1, 0.15) is 35.6 Å². The van der Waals surface area contributed by atoms with Gasteiger partial charge in [-0.2, -0.15) is 0 Å². The molecule has 0 spiro atoms. The monoisotopic (exact) mass is 502 g/mol. The number of nitrogens with zero attached hydrogens (tertiary/aromatic N) is 4. The second kappa shape index (κ2) is 10.3. The molecule has 3 heterocycles. The highest BCUT2D eigenvalue weighted by molar-refractivity contribution is 6.03. The van der Waals surface area contributed by atoms with E-state index >= 15 is 0 Å².